The maximum atomic E-state index is 13.5. The molecule has 2 aromatic rings. The number of methoxy groups -OCH3 is 2. The Labute approximate surface area is 232 Å². The summed E-state index contributed by atoms with van der Waals surface area (Å²) >= 11 is 0. The summed E-state index contributed by atoms with van der Waals surface area (Å²) in [5.74, 6) is -0.173. The molecule has 3 fully saturated rings. The van der Waals surface area contributed by atoms with Gasteiger partial charge in [-0.2, -0.15) is 0 Å². The fourth-order valence-corrected chi connectivity index (χ4v) is 7.43. The summed E-state index contributed by atoms with van der Waals surface area (Å²) in [4.78, 5) is 15.8. The van der Waals surface area contributed by atoms with E-state index in [9.17, 15) is 18.0 Å². The van der Waals surface area contributed by atoms with Crippen molar-refractivity contribution in [2.75, 3.05) is 41.0 Å². The van der Waals surface area contributed by atoms with E-state index in [1.165, 1.54) is 25.3 Å². The largest absolute Gasteiger partial charge is 0.573 e. The molecule has 40 heavy (non-hydrogen) atoms. The van der Waals surface area contributed by atoms with Gasteiger partial charge >= 0.3 is 6.36 Å². The summed E-state index contributed by atoms with van der Waals surface area (Å²) in [5.41, 5.74) is 0.493. The van der Waals surface area contributed by atoms with E-state index in [1.807, 2.05) is 18.2 Å². The quantitative estimate of drug-likeness (QED) is 0.434. The minimum absolute atomic E-state index is 0.0380. The Morgan fingerprint density at radius 1 is 1.15 bits per heavy atom. The number of piperidine rings is 1. The van der Waals surface area contributed by atoms with Gasteiger partial charge in [-0.3, -0.25) is 9.69 Å². The lowest BCUT2D eigenvalue weighted by atomic mass is 9.66. The van der Waals surface area contributed by atoms with Crippen molar-refractivity contribution in [2.24, 2.45) is 5.92 Å². The van der Waals surface area contributed by atoms with Crippen LogP contribution >= 0.6 is 0 Å². The monoisotopic (exact) mass is 562 g/mol. The predicted molar refractivity (Wildman–Crippen MR) is 142 cm³/mol. The molecular formula is C30H37F3N2O5. The summed E-state index contributed by atoms with van der Waals surface area (Å²) in [6.45, 7) is 1.46. The van der Waals surface area contributed by atoms with Crippen LogP contribution in [0, 0.1) is 5.92 Å². The second kappa shape index (κ2) is 11.2. The van der Waals surface area contributed by atoms with Crippen LogP contribution in [0.3, 0.4) is 0 Å². The number of nitrogens with zero attached hydrogens (tertiary/aromatic N) is 1. The van der Waals surface area contributed by atoms with Crippen LogP contribution in [0.25, 0.3) is 0 Å². The lowest BCUT2D eigenvalue weighted by Gasteiger charge is -2.54. The Morgan fingerprint density at radius 3 is 2.62 bits per heavy atom. The molecule has 5 unspecified atom stereocenters. The zero-order valence-electron chi connectivity index (χ0n) is 23.1. The minimum Gasteiger partial charge on any atom is -0.496 e. The Balaban J connectivity index is 1.48. The molecule has 3 aliphatic rings. The van der Waals surface area contributed by atoms with E-state index in [4.69, 9.17) is 14.2 Å². The fraction of sp³-hybridized carbons (Fsp3) is 0.567. The lowest BCUT2D eigenvalue weighted by Crippen LogP contribution is -2.62. The second-order valence-corrected chi connectivity index (χ2v) is 11.0. The third-order valence-corrected chi connectivity index (χ3v) is 9.10. The minimum atomic E-state index is -4.79. The first-order valence-electron chi connectivity index (χ1n) is 13.8. The maximum Gasteiger partial charge on any atom is 0.573 e. The molecule has 2 aromatic carbocycles. The zero-order chi connectivity index (χ0) is 28.5. The number of rotatable bonds is 9. The number of carbonyl (C=O) groups is 1. The number of hydrogen-bond acceptors (Lipinski definition) is 6. The molecule has 1 N–H and O–H groups in total. The molecule has 1 spiro atoms. The van der Waals surface area contributed by atoms with Gasteiger partial charge in [0.25, 0.3) is 0 Å². The maximum absolute atomic E-state index is 13.5. The highest BCUT2D eigenvalue weighted by molar-refractivity contribution is 5.80. The third-order valence-electron chi connectivity index (χ3n) is 9.10. The van der Waals surface area contributed by atoms with Crippen LogP contribution < -0.4 is 14.8 Å². The fourth-order valence-electron chi connectivity index (χ4n) is 7.43. The van der Waals surface area contributed by atoms with Crippen molar-refractivity contribution in [3.05, 3.63) is 59.7 Å². The number of nitrogens with one attached hydrogen (secondary N) is 1. The molecule has 3 heterocycles. The van der Waals surface area contributed by atoms with Crippen LogP contribution in [0.4, 0.5) is 13.2 Å². The average molecular weight is 563 g/mol. The van der Waals surface area contributed by atoms with Gasteiger partial charge in [0.1, 0.15) is 11.5 Å². The number of likely N-dealkylation sites (N-methyl/N-ethyl adjacent to an activating group) is 1. The molecular weight excluding hydrogens is 525 g/mol. The van der Waals surface area contributed by atoms with Gasteiger partial charge < -0.3 is 24.3 Å². The average Bonchev–Trinajstić information content (AvgIpc) is 3.44. The first kappa shape index (κ1) is 28.7. The Bertz CT molecular complexity index is 1200. The molecule has 5 rings (SSSR count). The van der Waals surface area contributed by atoms with Crippen molar-refractivity contribution < 1.29 is 36.9 Å². The molecule has 3 saturated heterocycles. The molecule has 0 saturated carbocycles. The first-order chi connectivity index (χ1) is 19.1. The number of hydrogen-bond donors (Lipinski definition) is 1. The van der Waals surface area contributed by atoms with Gasteiger partial charge in [0.2, 0.25) is 5.91 Å². The summed E-state index contributed by atoms with van der Waals surface area (Å²) < 4.78 is 60.7. The van der Waals surface area contributed by atoms with E-state index in [2.05, 4.69) is 34.1 Å². The summed E-state index contributed by atoms with van der Waals surface area (Å²) in [7, 11) is 5.22. The number of alkyl halides is 3. The first-order valence-corrected chi connectivity index (χ1v) is 13.8. The Hall–Kier alpha value is -2.82. The van der Waals surface area contributed by atoms with Crippen molar-refractivity contribution in [1.29, 1.82) is 0 Å². The molecule has 2 bridgehead atoms. The van der Waals surface area contributed by atoms with Crippen molar-refractivity contribution in [2.45, 2.75) is 61.6 Å². The van der Waals surface area contributed by atoms with Gasteiger partial charge in [-0.05, 0) is 62.9 Å². The Morgan fingerprint density at radius 2 is 1.93 bits per heavy atom. The van der Waals surface area contributed by atoms with E-state index in [-0.39, 0.29) is 29.5 Å². The number of benzene rings is 2. The number of fused-ring (bicyclic) bond motifs is 3. The van der Waals surface area contributed by atoms with Gasteiger partial charge in [0.05, 0.1) is 30.8 Å². The number of carbonyl (C=O) groups excluding carboxylic acids is 1. The van der Waals surface area contributed by atoms with Crippen LogP contribution in [0.1, 0.15) is 49.1 Å². The van der Waals surface area contributed by atoms with Crippen molar-refractivity contribution in [3.8, 4) is 11.5 Å². The van der Waals surface area contributed by atoms with Gasteiger partial charge in [0.15, 0.2) is 0 Å². The summed E-state index contributed by atoms with van der Waals surface area (Å²) in [6.07, 6.45) is -1.36. The molecule has 0 radical (unpaired) electrons. The Kier molecular flexibility index (Phi) is 8.05. The summed E-state index contributed by atoms with van der Waals surface area (Å²) in [5, 5.41) is 3.11. The van der Waals surface area contributed by atoms with Crippen LogP contribution in [0.2, 0.25) is 0 Å². The van der Waals surface area contributed by atoms with E-state index in [0.717, 1.165) is 24.8 Å². The van der Waals surface area contributed by atoms with Crippen molar-refractivity contribution in [3.63, 3.8) is 0 Å². The lowest BCUT2D eigenvalue weighted by molar-refractivity contribution is -0.274. The SMILES string of the molecule is COCCCNC(=O)C1CC2(c3ccccc3)N(C)C1CCC21CC(c2cc(OC(F)(F)F)ccc2OC)CO1. The third kappa shape index (κ3) is 5.05. The highest BCUT2D eigenvalue weighted by atomic mass is 19.4. The number of halogens is 3. The van der Waals surface area contributed by atoms with Crippen LogP contribution in [-0.4, -0.2) is 69.8 Å². The molecule has 0 aliphatic carbocycles. The van der Waals surface area contributed by atoms with E-state index < -0.39 is 17.5 Å². The molecule has 5 atom stereocenters. The van der Waals surface area contributed by atoms with Gasteiger partial charge in [-0.25, -0.2) is 0 Å². The summed E-state index contributed by atoms with van der Waals surface area (Å²) in [6, 6.07) is 14.4. The number of amides is 1. The van der Waals surface area contributed by atoms with Crippen LogP contribution in [0.15, 0.2) is 48.5 Å². The highest BCUT2D eigenvalue weighted by Gasteiger charge is 2.68. The standard InChI is InChI=1S/C30H37F3N2O5/c1-35-25-12-13-28(17-20(19-39-28)23-16-22(40-30(31,32)33)10-11-26(23)38-3)29(35,21-8-5-4-6-9-21)18-24(25)27(36)34-14-7-15-37-2/h4-6,8-11,16,20,24-25H,7,12-15,17-19H2,1-3H3,(H,34,36). The topological polar surface area (TPSA) is 69.3 Å². The van der Waals surface area contributed by atoms with Gasteiger partial charge in [-0.15, -0.1) is 13.2 Å². The van der Waals surface area contributed by atoms with Crippen LogP contribution in [0.5, 0.6) is 11.5 Å². The van der Waals surface area contributed by atoms with E-state index >= 15 is 0 Å². The normalized spacial score (nSPS) is 30.0. The zero-order valence-corrected chi connectivity index (χ0v) is 23.1. The molecule has 1 amide bonds. The van der Waals surface area contributed by atoms with Gasteiger partial charge in [0, 0.05) is 37.8 Å². The van der Waals surface area contributed by atoms with Crippen LogP contribution in [-0.2, 0) is 19.8 Å². The predicted octanol–water partition coefficient (Wildman–Crippen LogP) is 5.00. The van der Waals surface area contributed by atoms with Crippen molar-refractivity contribution >= 4 is 5.91 Å². The van der Waals surface area contributed by atoms with Crippen molar-refractivity contribution in [1.82, 2.24) is 10.2 Å². The smallest absolute Gasteiger partial charge is 0.496 e. The molecule has 218 valence electrons. The van der Waals surface area contributed by atoms with E-state index in [1.54, 1.807) is 7.11 Å². The molecule has 10 heteroatoms. The molecule has 7 nitrogen and oxygen atoms in total. The van der Waals surface area contributed by atoms with E-state index in [0.29, 0.717) is 43.9 Å². The molecule has 3 aliphatic heterocycles. The number of ether oxygens (including phenoxy) is 4. The van der Waals surface area contributed by atoms with Gasteiger partial charge in [-0.1, -0.05) is 30.3 Å². The second-order valence-electron chi connectivity index (χ2n) is 11.0. The molecule has 0 aromatic heterocycles. The highest BCUT2D eigenvalue weighted by Crippen LogP contribution is 2.63.